The first-order valence-electron chi connectivity index (χ1n) is 9.76. The zero-order valence-electron chi connectivity index (χ0n) is 15.6. The third-order valence-corrected chi connectivity index (χ3v) is 6.01. The van der Waals surface area contributed by atoms with E-state index >= 15 is 0 Å². The highest BCUT2D eigenvalue weighted by molar-refractivity contribution is 5.69. The molecule has 0 aliphatic carbocycles. The van der Waals surface area contributed by atoms with Gasteiger partial charge in [-0.3, -0.25) is 9.97 Å². The van der Waals surface area contributed by atoms with Crippen LogP contribution in [0.5, 0.6) is 5.75 Å². The van der Waals surface area contributed by atoms with Crippen LogP contribution in [0.4, 0.5) is 0 Å². The van der Waals surface area contributed by atoms with Gasteiger partial charge in [0.15, 0.2) is 0 Å². The van der Waals surface area contributed by atoms with Gasteiger partial charge in [-0.2, -0.15) is 0 Å². The molecule has 2 aliphatic heterocycles. The second kappa shape index (κ2) is 6.87. The van der Waals surface area contributed by atoms with E-state index in [9.17, 15) is 5.11 Å². The number of imidazole rings is 1. The summed E-state index contributed by atoms with van der Waals surface area (Å²) >= 11 is 0. The second-order valence-electron chi connectivity index (χ2n) is 7.79. The van der Waals surface area contributed by atoms with Crippen molar-refractivity contribution in [2.24, 2.45) is 5.92 Å². The minimum absolute atomic E-state index is 0.169. The molecule has 1 aromatic carbocycles. The zero-order valence-corrected chi connectivity index (χ0v) is 15.6. The molecule has 2 aromatic heterocycles. The molecule has 5 rings (SSSR count). The molecule has 1 unspecified atom stereocenters. The first-order chi connectivity index (χ1) is 13.7. The van der Waals surface area contributed by atoms with Crippen LogP contribution in [0.2, 0.25) is 0 Å². The van der Waals surface area contributed by atoms with Crippen molar-refractivity contribution in [1.29, 1.82) is 0 Å². The lowest BCUT2D eigenvalue weighted by atomic mass is 9.85. The molecule has 2 saturated heterocycles. The number of hydrogen-bond donors (Lipinski definition) is 2. The van der Waals surface area contributed by atoms with E-state index < -0.39 is 0 Å². The van der Waals surface area contributed by atoms with Crippen LogP contribution in [0.1, 0.15) is 31.4 Å². The molecule has 0 radical (unpaired) electrons. The summed E-state index contributed by atoms with van der Waals surface area (Å²) < 4.78 is 1.84. The van der Waals surface area contributed by atoms with Gasteiger partial charge in [-0.1, -0.05) is 6.58 Å². The van der Waals surface area contributed by atoms with Crippen molar-refractivity contribution < 1.29 is 5.11 Å². The Balaban J connectivity index is 1.36. The average molecular weight is 373 g/mol. The minimum atomic E-state index is 0.169. The molecule has 6 heteroatoms. The van der Waals surface area contributed by atoms with Gasteiger partial charge in [0.05, 0.1) is 35.8 Å². The van der Waals surface area contributed by atoms with E-state index in [0.29, 0.717) is 29.3 Å². The van der Waals surface area contributed by atoms with Crippen LogP contribution in [0, 0.1) is 5.92 Å². The molecule has 3 atom stereocenters. The summed E-state index contributed by atoms with van der Waals surface area (Å²) in [6.45, 7) is 4.32. The number of piperidine rings is 1. The van der Waals surface area contributed by atoms with Gasteiger partial charge in [0.25, 0.3) is 0 Å². The van der Waals surface area contributed by atoms with Gasteiger partial charge in [-0.25, -0.2) is 4.98 Å². The second-order valence-corrected chi connectivity index (χ2v) is 7.79. The van der Waals surface area contributed by atoms with Crippen molar-refractivity contribution in [3.63, 3.8) is 0 Å². The summed E-state index contributed by atoms with van der Waals surface area (Å²) in [5.41, 5.74) is 4.09. The molecule has 2 aliphatic rings. The van der Waals surface area contributed by atoms with Crippen molar-refractivity contribution in [1.82, 2.24) is 24.8 Å². The van der Waals surface area contributed by atoms with Gasteiger partial charge < -0.3 is 15.0 Å². The first kappa shape index (κ1) is 17.1. The topological polar surface area (TPSA) is 75.9 Å². The van der Waals surface area contributed by atoms with Gasteiger partial charge >= 0.3 is 0 Å². The van der Waals surface area contributed by atoms with Gasteiger partial charge in [0, 0.05) is 36.1 Å². The van der Waals surface area contributed by atoms with Crippen molar-refractivity contribution in [3.05, 3.63) is 61.6 Å². The number of benzene rings is 1. The normalized spacial score (nSPS) is 23.6. The lowest BCUT2D eigenvalue weighted by Crippen LogP contribution is -2.38. The highest BCUT2D eigenvalue weighted by atomic mass is 16.3. The van der Waals surface area contributed by atoms with E-state index in [1.165, 1.54) is 12.8 Å². The smallest absolute Gasteiger partial charge is 0.127 e. The predicted molar refractivity (Wildman–Crippen MR) is 108 cm³/mol. The Bertz CT molecular complexity index is 984. The summed E-state index contributed by atoms with van der Waals surface area (Å²) in [6, 6.07) is 6.73. The minimum Gasteiger partial charge on any atom is -0.507 e. The van der Waals surface area contributed by atoms with E-state index in [2.05, 4.69) is 26.8 Å². The van der Waals surface area contributed by atoms with Gasteiger partial charge in [-0.15, -0.1) is 0 Å². The van der Waals surface area contributed by atoms with Crippen LogP contribution in [-0.2, 0) is 0 Å². The number of aromatic hydroxyl groups is 1. The highest BCUT2D eigenvalue weighted by Gasteiger charge is 2.35. The molecule has 28 heavy (non-hydrogen) atoms. The number of phenols is 1. The van der Waals surface area contributed by atoms with E-state index in [4.69, 9.17) is 0 Å². The Hall–Kier alpha value is -2.99. The molecule has 0 amide bonds. The number of nitrogens with one attached hydrogen (secondary N) is 1. The van der Waals surface area contributed by atoms with E-state index in [1.54, 1.807) is 31.0 Å². The molecule has 0 spiro atoms. The van der Waals surface area contributed by atoms with Crippen LogP contribution in [-0.4, -0.2) is 36.7 Å². The fourth-order valence-electron chi connectivity index (χ4n) is 4.49. The summed E-state index contributed by atoms with van der Waals surface area (Å²) in [5, 5.41) is 14.1. The summed E-state index contributed by atoms with van der Waals surface area (Å²) in [6.07, 6.45) is 13.6. The maximum absolute atomic E-state index is 10.5. The number of aromatic nitrogens is 4. The van der Waals surface area contributed by atoms with E-state index in [0.717, 1.165) is 29.8 Å². The van der Waals surface area contributed by atoms with Crippen LogP contribution >= 0.6 is 0 Å². The van der Waals surface area contributed by atoms with Crippen molar-refractivity contribution in [2.75, 3.05) is 0 Å². The zero-order chi connectivity index (χ0) is 19.1. The summed E-state index contributed by atoms with van der Waals surface area (Å²) in [4.78, 5) is 13.2. The largest absolute Gasteiger partial charge is 0.507 e. The number of rotatable bonds is 4. The molecule has 6 nitrogen and oxygen atoms in total. The van der Waals surface area contributed by atoms with Crippen LogP contribution in [0.3, 0.4) is 0 Å². The Kier molecular flexibility index (Phi) is 4.20. The highest BCUT2D eigenvalue weighted by Crippen LogP contribution is 2.37. The Morgan fingerprint density at radius 1 is 1.14 bits per heavy atom. The molecular formula is C22H23N5O. The number of nitrogens with zero attached hydrogens (tertiary/aromatic N) is 4. The number of allylic oxidation sites excluding steroid dienone is 1. The summed E-state index contributed by atoms with van der Waals surface area (Å²) in [7, 11) is 0. The molecule has 4 heterocycles. The lowest BCUT2D eigenvalue weighted by Gasteiger charge is -2.30. The number of phenolic OH excluding ortho intramolecular Hbond substituents is 1. The monoisotopic (exact) mass is 373 g/mol. The van der Waals surface area contributed by atoms with Gasteiger partial charge in [0.2, 0.25) is 0 Å². The van der Waals surface area contributed by atoms with E-state index in [-0.39, 0.29) is 5.75 Å². The van der Waals surface area contributed by atoms with Crippen molar-refractivity contribution in [2.45, 2.75) is 37.8 Å². The molecule has 3 aromatic rings. The van der Waals surface area contributed by atoms with Crippen LogP contribution in [0.25, 0.3) is 22.5 Å². The molecule has 2 fully saturated rings. The van der Waals surface area contributed by atoms with Crippen molar-refractivity contribution >= 4 is 5.57 Å². The third-order valence-electron chi connectivity index (χ3n) is 6.01. The van der Waals surface area contributed by atoms with E-state index in [1.807, 2.05) is 22.9 Å². The van der Waals surface area contributed by atoms with Gasteiger partial charge in [0.1, 0.15) is 5.75 Å². The quantitative estimate of drug-likeness (QED) is 0.731. The standard InChI is InChI=1S/C22H23N5O/c1-14(15-8-16-2-3-17(9-15)26-16)20-11-25-21(12-24-20)19-5-4-18(10-22(19)28)27-7-6-23-13-27/h4-7,10-13,15-17,26,28H,1-3,8-9H2/t15?,16-,17+. The maximum atomic E-state index is 10.5. The Morgan fingerprint density at radius 2 is 1.96 bits per heavy atom. The molecule has 142 valence electrons. The van der Waals surface area contributed by atoms with Crippen molar-refractivity contribution in [3.8, 4) is 22.7 Å². The fourth-order valence-corrected chi connectivity index (χ4v) is 4.49. The molecular weight excluding hydrogens is 350 g/mol. The third kappa shape index (κ3) is 3.10. The van der Waals surface area contributed by atoms with Crippen LogP contribution in [0.15, 0.2) is 55.9 Å². The van der Waals surface area contributed by atoms with Gasteiger partial charge in [-0.05, 0) is 49.3 Å². The maximum Gasteiger partial charge on any atom is 0.127 e. The van der Waals surface area contributed by atoms with Crippen LogP contribution < -0.4 is 5.32 Å². The lowest BCUT2D eigenvalue weighted by molar-refractivity contribution is 0.351. The molecule has 0 saturated carbocycles. The fraction of sp³-hybridized carbons (Fsp3) is 0.318. The Morgan fingerprint density at radius 3 is 2.61 bits per heavy atom. The average Bonchev–Trinajstić information content (AvgIpc) is 3.37. The number of hydrogen-bond acceptors (Lipinski definition) is 5. The first-order valence-corrected chi connectivity index (χ1v) is 9.76. The predicted octanol–water partition coefficient (Wildman–Crippen LogP) is 3.58. The Labute approximate surface area is 164 Å². The molecule has 2 N–H and O–H groups in total. The SMILES string of the molecule is C=C(c1cnc(-c2ccc(-n3ccnc3)cc2O)cn1)C1C[C@H]2CC[C@@H](C1)N2. The molecule has 2 bridgehead atoms. The summed E-state index contributed by atoms with van der Waals surface area (Å²) in [5.74, 6) is 0.642. The number of fused-ring (bicyclic) bond motifs is 2.